The summed E-state index contributed by atoms with van der Waals surface area (Å²) in [7, 11) is 3.15. The van der Waals surface area contributed by atoms with Crippen molar-refractivity contribution in [2.24, 2.45) is 11.7 Å². The largest absolute Gasteiger partial charge is 0.497 e. The lowest BCUT2D eigenvalue weighted by molar-refractivity contribution is 0.0337. The van der Waals surface area contributed by atoms with Crippen molar-refractivity contribution in [3.05, 3.63) is 70.9 Å². The molecule has 29 heavy (non-hydrogen) atoms. The summed E-state index contributed by atoms with van der Waals surface area (Å²) in [6, 6.07) is 13.6. The molecule has 8 heteroatoms. The van der Waals surface area contributed by atoms with E-state index in [1.165, 1.54) is 12.1 Å². The number of hydrogen-bond donors (Lipinski definition) is 3. The molecule has 0 bridgehead atoms. The van der Waals surface area contributed by atoms with E-state index in [0.717, 1.165) is 11.1 Å². The maximum atomic E-state index is 13.4. The van der Waals surface area contributed by atoms with Crippen LogP contribution in [0.2, 0.25) is 0 Å². The molecule has 0 spiro atoms. The van der Waals surface area contributed by atoms with Crippen LogP contribution >= 0.6 is 0 Å². The van der Waals surface area contributed by atoms with Crippen LogP contribution in [0.5, 0.6) is 11.5 Å². The Balaban J connectivity index is 1.87. The zero-order valence-corrected chi connectivity index (χ0v) is 16.0. The molecule has 0 aliphatic carbocycles. The Morgan fingerprint density at radius 3 is 2.52 bits per heavy atom. The Hall–Kier alpha value is -3.28. The van der Waals surface area contributed by atoms with Crippen LogP contribution < -0.4 is 26.1 Å². The second kappa shape index (κ2) is 7.62. The summed E-state index contributed by atoms with van der Waals surface area (Å²) < 4.78 is 30.2. The van der Waals surface area contributed by atoms with Gasteiger partial charge in [-0.3, -0.25) is 0 Å². The molecule has 0 amide bonds. The zero-order chi connectivity index (χ0) is 20.5. The fourth-order valence-electron chi connectivity index (χ4n) is 4.11. The van der Waals surface area contributed by atoms with E-state index in [0.29, 0.717) is 17.1 Å². The lowest BCUT2D eigenvalue weighted by atomic mass is 9.74. The molecule has 1 saturated heterocycles. The van der Waals surface area contributed by atoms with Crippen LogP contribution in [-0.4, -0.2) is 20.4 Å². The van der Waals surface area contributed by atoms with E-state index in [4.69, 9.17) is 19.9 Å². The molecule has 4 N–H and O–H groups in total. The number of hydrazine groups is 1. The van der Waals surface area contributed by atoms with Gasteiger partial charge in [-0.2, -0.15) is 5.26 Å². The Morgan fingerprint density at radius 2 is 1.86 bits per heavy atom. The molecule has 2 aromatic carbocycles. The fourth-order valence-corrected chi connectivity index (χ4v) is 4.11. The minimum Gasteiger partial charge on any atom is -0.497 e. The SMILES string of the molecule is COc1ccc(OC)c(C2C(C#N)=C(N)OC3NNC(c4ccc(F)cc4)C32)c1. The summed E-state index contributed by atoms with van der Waals surface area (Å²) in [5, 5.41) is 9.87. The molecule has 0 saturated carbocycles. The second-order valence-electron chi connectivity index (χ2n) is 6.91. The van der Waals surface area contributed by atoms with Gasteiger partial charge in [-0.25, -0.2) is 15.2 Å². The Labute approximate surface area is 167 Å². The number of allylic oxidation sites excluding steroid dienone is 1. The summed E-state index contributed by atoms with van der Waals surface area (Å²) in [6.45, 7) is 0. The first-order valence-corrected chi connectivity index (χ1v) is 9.12. The number of nitriles is 1. The molecule has 7 nitrogen and oxygen atoms in total. The quantitative estimate of drug-likeness (QED) is 0.730. The number of hydrogen-bond acceptors (Lipinski definition) is 7. The van der Waals surface area contributed by atoms with E-state index in [-0.39, 0.29) is 23.7 Å². The van der Waals surface area contributed by atoms with Gasteiger partial charge in [0.15, 0.2) is 6.23 Å². The van der Waals surface area contributed by atoms with E-state index in [1.54, 1.807) is 38.5 Å². The molecular formula is C21H21FN4O3. The molecule has 2 aliphatic heterocycles. The molecule has 4 rings (SSSR count). The van der Waals surface area contributed by atoms with Gasteiger partial charge in [0.05, 0.1) is 25.8 Å². The average molecular weight is 396 g/mol. The third-order valence-electron chi connectivity index (χ3n) is 5.45. The molecule has 4 unspecified atom stereocenters. The Kier molecular flexibility index (Phi) is 5.01. The van der Waals surface area contributed by atoms with Gasteiger partial charge in [0.25, 0.3) is 0 Å². The van der Waals surface area contributed by atoms with Gasteiger partial charge in [-0.05, 0) is 35.9 Å². The van der Waals surface area contributed by atoms with Gasteiger partial charge < -0.3 is 19.9 Å². The highest BCUT2D eigenvalue weighted by Gasteiger charge is 2.50. The monoisotopic (exact) mass is 396 g/mol. The summed E-state index contributed by atoms with van der Waals surface area (Å²) in [6.07, 6.45) is -0.483. The molecule has 150 valence electrons. The molecule has 0 aromatic heterocycles. The van der Waals surface area contributed by atoms with Crippen molar-refractivity contribution < 1.29 is 18.6 Å². The smallest absolute Gasteiger partial charge is 0.200 e. The molecule has 0 radical (unpaired) electrons. The van der Waals surface area contributed by atoms with Gasteiger partial charge in [0.2, 0.25) is 5.88 Å². The van der Waals surface area contributed by atoms with Crippen LogP contribution in [0.15, 0.2) is 53.9 Å². The number of ether oxygens (including phenoxy) is 3. The first-order valence-electron chi connectivity index (χ1n) is 9.12. The van der Waals surface area contributed by atoms with E-state index < -0.39 is 12.1 Å². The minimum absolute atomic E-state index is 0.0673. The van der Waals surface area contributed by atoms with Crippen LogP contribution in [0.1, 0.15) is 23.1 Å². The van der Waals surface area contributed by atoms with Gasteiger partial charge in [-0.1, -0.05) is 12.1 Å². The van der Waals surface area contributed by atoms with Crippen LogP contribution in [-0.2, 0) is 4.74 Å². The van der Waals surface area contributed by atoms with Gasteiger partial charge in [0, 0.05) is 17.4 Å². The number of benzene rings is 2. The zero-order valence-electron chi connectivity index (χ0n) is 16.0. The third-order valence-corrected chi connectivity index (χ3v) is 5.45. The van der Waals surface area contributed by atoms with Crippen molar-refractivity contribution in [3.63, 3.8) is 0 Å². The van der Waals surface area contributed by atoms with Gasteiger partial charge in [-0.15, -0.1) is 0 Å². The maximum Gasteiger partial charge on any atom is 0.200 e. The van der Waals surface area contributed by atoms with E-state index >= 15 is 0 Å². The highest BCUT2D eigenvalue weighted by atomic mass is 19.1. The van der Waals surface area contributed by atoms with Crippen molar-refractivity contribution in [1.29, 1.82) is 5.26 Å². The van der Waals surface area contributed by atoms with Crippen molar-refractivity contribution in [3.8, 4) is 17.6 Å². The summed E-state index contributed by atoms with van der Waals surface area (Å²) >= 11 is 0. The van der Waals surface area contributed by atoms with Crippen molar-refractivity contribution >= 4 is 0 Å². The van der Waals surface area contributed by atoms with Crippen molar-refractivity contribution in [2.75, 3.05) is 14.2 Å². The van der Waals surface area contributed by atoms with E-state index in [2.05, 4.69) is 16.9 Å². The topological polar surface area (TPSA) is 102 Å². The summed E-state index contributed by atoms with van der Waals surface area (Å²) in [5.74, 6) is 0.324. The van der Waals surface area contributed by atoms with Crippen LogP contribution in [0.25, 0.3) is 0 Å². The summed E-state index contributed by atoms with van der Waals surface area (Å²) in [5.41, 5.74) is 14.3. The van der Waals surface area contributed by atoms with Crippen molar-refractivity contribution in [1.82, 2.24) is 10.9 Å². The van der Waals surface area contributed by atoms with Crippen LogP contribution in [0.4, 0.5) is 4.39 Å². The molecule has 4 atom stereocenters. The third kappa shape index (κ3) is 3.24. The van der Waals surface area contributed by atoms with E-state index in [9.17, 15) is 9.65 Å². The molecule has 2 aromatic rings. The molecule has 2 aliphatic rings. The molecular weight excluding hydrogens is 375 g/mol. The Morgan fingerprint density at radius 1 is 1.10 bits per heavy atom. The average Bonchev–Trinajstić information content (AvgIpc) is 3.16. The summed E-state index contributed by atoms with van der Waals surface area (Å²) in [4.78, 5) is 0. The number of nitrogens with one attached hydrogen (secondary N) is 2. The van der Waals surface area contributed by atoms with Crippen LogP contribution in [0.3, 0.4) is 0 Å². The number of nitrogens with two attached hydrogens (primary N) is 1. The number of nitrogens with zero attached hydrogens (tertiary/aromatic N) is 1. The van der Waals surface area contributed by atoms with Gasteiger partial charge >= 0.3 is 0 Å². The highest BCUT2D eigenvalue weighted by Crippen LogP contribution is 2.50. The number of fused-ring (bicyclic) bond motifs is 1. The van der Waals surface area contributed by atoms with Crippen molar-refractivity contribution in [2.45, 2.75) is 18.2 Å². The van der Waals surface area contributed by atoms with Gasteiger partial charge in [0.1, 0.15) is 23.4 Å². The second-order valence-corrected chi connectivity index (χ2v) is 6.91. The first-order chi connectivity index (χ1) is 14.1. The van der Waals surface area contributed by atoms with Crippen LogP contribution in [0, 0.1) is 23.1 Å². The standard InChI is InChI=1S/C21H21FN4O3/c1-27-13-7-8-16(28-2)14(9-13)17-15(10-23)20(24)29-21-18(17)19(25-26-21)11-3-5-12(22)6-4-11/h3-9,17-19,21,25-26H,24H2,1-2H3. The first kappa shape index (κ1) is 19.1. The number of methoxy groups -OCH3 is 2. The number of halogens is 1. The lowest BCUT2D eigenvalue weighted by Crippen LogP contribution is -2.41. The minimum atomic E-state index is -0.483. The fraction of sp³-hybridized carbons (Fsp3) is 0.286. The lowest BCUT2D eigenvalue weighted by Gasteiger charge is -2.36. The normalized spacial score (nSPS) is 25.7. The predicted octanol–water partition coefficient (Wildman–Crippen LogP) is 2.44. The highest BCUT2D eigenvalue weighted by molar-refractivity contribution is 5.51. The predicted molar refractivity (Wildman–Crippen MR) is 103 cm³/mol. The van der Waals surface area contributed by atoms with E-state index in [1.807, 2.05) is 6.07 Å². The Bertz CT molecular complexity index is 986. The number of rotatable bonds is 4. The molecule has 2 heterocycles. The molecule has 1 fully saturated rings. The maximum absolute atomic E-state index is 13.4.